The molecule has 4 aromatic rings. The summed E-state index contributed by atoms with van der Waals surface area (Å²) in [6.45, 7) is 1.89. The molecule has 1 aliphatic carbocycles. The van der Waals surface area contributed by atoms with Crippen molar-refractivity contribution in [2.45, 2.75) is 44.7 Å². The first kappa shape index (κ1) is 24.7. The Labute approximate surface area is 214 Å². The third-order valence-corrected chi connectivity index (χ3v) is 6.92. The summed E-state index contributed by atoms with van der Waals surface area (Å²) in [4.78, 5) is 32.0. The maximum absolute atomic E-state index is 14.6. The van der Waals surface area contributed by atoms with Crippen LogP contribution in [0.15, 0.2) is 49.1 Å². The minimum Gasteiger partial charge on any atom is -0.464 e. The van der Waals surface area contributed by atoms with E-state index in [-0.39, 0.29) is 18.4 Å². The topological polar surface area (TPSA) is 98.4 Å². The van der Waals surface area contributed by atoms with E-state index in [1.807, 2.05) is 35.6 Å². The van der Waals surface area contributed by atoms with Gasteiger partial charge in [0.2, 0.25) is 0 Å². The summed E-state index contributed by atoms with van der Waals surface area (Å²) in [7, 11) is 3.94. The third kappa shape index (κ3) is 5.00. The fourth-order valence-corrected chi connectivity index (χ4v) is 4.94. The number of rotatable bonds is 7. The molecule has 5 rings (SSSR count). The highest BCUT2D eigenvalue weighted by molar-refractivity contribution is 5.78. The molecule has 0 bridgehead atoms. The molecule has 0 aromatic carbocycles. The molecule has 0 aliphatic heterocycles. The Morgan fingerprint density at radius 2 is 1.89 bits per heavy atom. The number of ether oxygens (including phenoxy) is 1. The summed E-state index contributed by atoms with van der Waals surface area (Å²) < 4.78 is 21.3. The lowest BCUT2D eigenvalue weighted by Gasteiger charge is -2.30. The highest BCUT2D eigenvalue weighted by atomic mass is 19.1. The number of alkyl halides is 1. The fourth-order valence-electron chi connectivity index (χ4n) is 4.94. The van der Waals surface area contributed by atoms with Crippen LogP contribution in [-0.2, 0) is 9.53 Å². The molecule has 0 amide bonds. The van der Waals surface area contributed by atoms with Crippen molar-refractivity contribution in [3.63, 3.8) is 0 Å². The Bertz CT molecular complexity index is 1370. The monoisotopic (exact) mass is 503 g/mol. The van der Waals surface area contributed by atoms with E-state index in [0.717, 1.165) is 41.1 Å². The van der Waals surface area contributed by atoms with E-state index in [0.29, 0.717) is 24.4 Å². The van der Waals surface area contributed by atoms with E-state index >= 15 is 0 Å². The maximum Gasteiger partial charge on any atom is 0.341 e. The largest absolute Gasteiger partial charge is 0.464 e. The van der Waals surface area contributed by atoms with Crippen molar-refractivity contribution in [3.05, 3.63) is 54.7 Å². The van der Waals surface area contributed by atoms with Gasteiger partial charge in [-0.05, 0) is 44.7 Å². The van der Waals surface area contributed by atoms with Crippen molar-refractivity contribution in [2.24, 2.45) is 5.92 Å². The molecule has 10 heteroatoms. The van der Waals surface area contributed by atoms with Crippen molar-refractivity contribution in [2.75, 3.05) is 25.6 Å². The lowest BCUT2D eigenvalue weighted by atomic mass is 9.78. The first-order chi connectivity index (χ1) is 18.0. The first-order valence-electron chi connectivity index (χ1n) is 12.6. The Balaban J connectivity index is 1.43. The van der Waals surface area contributed by atoms with Crippen molar-refractivity contribution in [1.29, 1.82) is 0 Å². The summed E-state index contributed by atoms with van der Waals surface area (Å²) in [6, 6.07) is 7.69. The van der Waals surface area contributed by atoms with Crippen LogP contribution in [-0.4, -0.2) is 62.4 Å². The van der Waals surface area contributed by atoms with Crippen LogP contribution in [0.5, 0.6) is 0 Å². The van der Waals surface area contributed by atoms with Crippen molar-refractivity contribution in [3.8, 4) is 22.6 Å². The van der Waals surface area contributed by atoms with E-state index < -0.39 is 12.1 Å². The highest BCUT2D eigenvalue weighted by Gasteiger charge is 2.34. The second kappa shape index (κ2) is 10.6. The number of esters is 1. The minimum atomic E-state index is -1.56. The molecule has 4 aromatic heterocycles. The van der Waals surface area contributed by atoms with Gasteiger partial charge in [0, 0.05) is 67.4 Å². The van der Waals surface area contributed by atoms with Gasteiger partial charge < -0.3 is 9.64 Å². The molecule has 1 unspecified atom stereocenters. The van der Waals surface area contributed by atoms with Gasteiger partial charge in [0.1, 0.15) is 11.5 Å². The lowest BCUT2D eigenvalue weighted by Crippen LogP contribution is -2.30. The molecule has 1 fully saturated rings. The number of nitrogens with zero attached hydrogens (tertiary/aromatic N) is 7. The van der Waals surface area contributed by atoms with Crippen molar-refractivity contribution in [1.82, 2.24) is 29.5 Å². The van der Waals surface area contributed by atoms with Crippen LogP contribution in [0.2, 0.25) is 0 Å². The van der Waals surface area contributed by atoms with Gasteiger partial charge in [-0.15, -0.1) is 0 Å². The molecule has 0 N–H and O–H groups in total. The van der Waals surface area contributed by atoms with Crippen LogP contribution in [0.3, 0.4) is 0 Å². The third-order valence-electron chi connectivity index (χ3n) is 6.92. The average Bonchev–Trinajstić information content (AvgIpc) is 3.37. The zero-order valence-electron chi connectivity index (χ0n) is 21.2. The van der Waals surface area contributed by atoms with E-state index in [2.05, 4.69) is 26.1 Å². The van der Waals surface area contributed by atoms with Gasteiger partial charge in [0.25, 0.3) is 0 Å². The minimum absolute atomic E-state index is 0.174. The quantitative estimate of drug-likeness (QED) is 0.340. The van der Waals surface area contributed by atoms with Crippen LogP contribution in [0.25, 0.3) is 28.3 Å². The van der Waals surface area contributed by atoms with E-state index in [1.54, 1.807) is 37.8 Å². The van der Waals surface area contributed by atoms with E-state index in [1.165, 1.54) is 0 Å². The number of aromatic nitrogens is 6. The Morgan fingerprint density at radius 1 is 1.14 bits per heavy atom. The highest BCUT2D eigenvalue weighted by Crippen LogP contribution is 2.39. The molecule has 1 aliphatic rings. The lowest BCUT2D eigenvalue weighted by molar-refractivity contribution is -0.151. The smallest absolute Gasteiger partial charge is 0.341 e. The molecule has 192 valence electrons. The average molecular weight is 504 g/mol. The van der Waals surface area contributed by atoms with E-state index in [4.69, 9.17) is 9.72 Å². The van der Waals surface area contributed by atoms with Gasteiger partial charge in [-0.2, -0.15) is 9.61 Å². The molecule has 0 radical (unpaired) electrons. The maximum atomic E-state index is 14.6. The van der Waals surface area contributed by atoms with Crippen LogP contribution >= 0.6 is 0 Å². The van der Waals surface area contributed by atoms with Crippen molar-refractivity contribution < 1.29 is 13.9 Å². The first-order valence-corrected chi connectivity index (χ1v) is 12.6. The normalized spacial score (nSPS) is 18.5. The number of pyridine rings is 1. The molecule has 1 atom stereocenters. The fraction of sp³-hybridized carbons (Fsp3) is 0.407. The second-order valence-electron chi connectivity index (χ2n) is 9.50. The SMILES string of the molecule is CCOC(=O)C(F)C1CCC(c2cc(N(C)C)n3ncc(-c4ccc(-c5ncccn5)nc4)c3n2)CC1. The number of hydrogen-bond acceptors (Lipinski definition) is 8. The van der Waals surface area contributed by atoms with Gasteiger partial charge in [0.15, 0.2) is 17.6 Å². The van der Waals surface area contributed by atoms with Crippen molar-refractivity contribution >= 4 is 17.4 Å². The summed E-state index contributed by atoms with van der Waals surface area (Å²) in [6.07, 6.45) is 8.17. The molecule has 0 spiro atoms. The van der Waals surface area contributed by atoms with Gasteiger partial charge in [-0.3, -0.25) is 4.98 Å². The van der Waals surface area contributed by atoms with Crippen LogP contribution in [0, 0.1) is 5.92 Å². The predicted octanol–water partition coefficient (Wildman–Crippen LogP) is 4.49. The van der Waals surface area contributed by atoms with Gasteiger partial charge >= 0.3 is 5.97 Å². The molecule has 4 heterocycles. The Kier molecular flexibility index (Phi) is 7.07. The molecule has 9 nitrogen and oxygen atoms in total. The number of anilines is 1. The Hall–Kier alpha value is -3.95. The van der Waals surface area contributed by atoms with Gasteiger partial charge in [-0.1, -0.05) is 6.07 Å². The van der Waals surface area contributed by atoms with Crippen LogP contribution in [0.4, 0.5) is 10.2 Å². The predicted molar refractivity (Wildman–Crippen MR) is 138 cm³/mol. The number of fused-ring (bicyclic) bond motifs is 1. The zero-order valence-corrected chi connectivity index (χ0v) is 21.2. The van der Waals surface area contributed by atoms with Gasteiger partial charge in [-0.25, -0.2) is 24.1 Å². The van der Waals surface area contributed by atoms with Crippen LogP contribution in [0.1, 0.15) is 44.2 Å². The van der Waals surface area contributed by atoms with Crippen LogP contribution < -0.4 is 4.90 Å². The molecule has 1 saturated carbocycles. The summed E-state index contributed by atoms with van der Waals surface area (Å²) in [5.41, 5.74) is 4.14. The van der Waals surface area contributed by atoms with Gasteiger partial charge in [0.05, 0.1) is 12.8 Å². The number of carbonyl (C=O) groups excluding carboxylic acids is 1. The molecular weight excluding hydrogens is 473 g/mol. The standard InChI is InChI=1S/C27H30FN7O2/c1-4-37-27(36)24(28)18-8-6-17(7-9-18)22-14-23(34(2)3)35-26(33-22)20(16-32-35)19-10-11-21(31-15-19)25-29-12-5-13-30-25/h5,10-18,24H,4,6-9H2,1-3H3. The number of hydrogen-bond donors (Lipinski definition) is 0. The number of halogens is 1. The molecule has 0 saturated heterocycles. The Morgan fingerprint density at radius 3 is 2.54 bits per heavy atom. The second-order valence-corrected chi connectivity index (χ2v) is 9.50. The summed E-state index contributed by atoms with van der Waals surface area (Å²) >= 11 is 0. The summed E-state index contributed by atoms with van der Waals surface area (Å²) in [5.74, 6) is 0.593. The molecular formula is C27H30FN7O2. The molecule has 37 heavy (non-hydrogen) atoms. The number of carbonyl (C=O) groups is 1. The van der Waals surface area contributed by atoms with E-state index in [9.17, 15) is 9.18 Å². The zero-order chi connectivity index (χ0) is 25.9. The summed E-state index contributed by atoms with van der Waals surface area (Å²) in [5, 5.41) is 4.61.